The molecule has 0 amide bonds. The van der Waals surface area contributed by atoms with E-state index in [4.69, 9.17) is 5.11 Å². The number of carboxylic acid groups (broad SMARTS) is 1. The molecule has 0 saturated carbocycles. The summed E-state index contributed by atoms with van der Waals surface area (Å²) in [7, 11) is 0. The molecule has 0 spiro atoms. The molecule has 0 heterocycles. The van der Waals surface area contributed by atoms with Gasteiger partial charge in [-0.3, -0.25) is 4.79 Å². The van der Waals surface area contributed by atoms with E-state index >= 15 is 0 Å². The summed E-state index contributed by atoms with van der Waals surface area (Å²) in [5.41, 5.74) is -1.07. The van der Waals surface area contributed by atoms with Crippen molar-refractivity contribution < 1.29 is 19.4 Å². The van der Waals surface area contributed by atoms with E-state index in [1.54, 1.807) is 0 Å². The number of aliphatic hydroxyl groups is 1. The van der Waals surface area contributed by atoms with Gasteiger partial charge >= 0.3 is 5.97 Å². The summed E-state index contributed by atoms with van der Waals surface area (Å²) >= 11 is 0. The van der Waals surface area contributed by atoms with Crippen molar-refractivity contribution in [1.82, 2.24) is 0 Å². The van der Waals surface area contributed by atoms with E-state index in [1.165, 1.54) is 31.2 Å². The van der Waals surface area contributed by atoms with Crippen LogP contribution in [0.3, 0.4) is 0 Å². The van der Waals surface area contributed by atoms with Crippen LogP contribution in [0.25, 0.3) is 0 Å². The minimum absolute atomic E-state index is 0.375. The van der Waals surface area contributed by atoms with Crippen LogP contribution in [0.1, 0.15) is 32.3 Å². The van der Waals surface area contributed by atoms with E-state index in [0.29, 0.717) is 18.4 Å². The predicted octanol–water partition coefficient (Wildman–Crippen LogP) is 2.53. The molecule has 0 saturated heterocycles. The van der Waals surface area contributed by atoms with Gasteiger partial charge in [0.05, 0.1) is 5.92 Å². The Hall–Kier alpha value is -1.42. The third-order valence-corrected chi connectivity index (χ3v) is 2.98. The molecule has 2 atom stereocenters. The first-order valence-corrected chi connectivity index (χ1v) is 5.60. The van der Waals surface area contributed by atoms with Crippen LogP contribution >= 0.6 is 0 Å². The van der Waals surface area contributed by atoms with Crippen LogP contribution in [0.2, 0.25) is 0 Å². The number of hydrogen-bond donors (Lipinski definition) is 2. The Morgan fingerprint density at radius 3 is 2.35 bits per heavy atom. The van der Waals surface area contributed by atoms with E-state index in [9.17, 15) is 14.3 Å². The van der Waals surface area contributed by atoms with Gasteiger partial charge in [-0.05, 0) is 31.0 Å². The lowest BCUT2D eigenvalue weighted by atomic mass is 9.80. The van der Waals surface area contributed by atoms with E-state index in [0.717, 1.165) is 0 Å². The van der Waals surface area contributed by atoms with Crippen molar-refractivity contribution in [2.75, 3.05) is 0 Å². The topological polar surface area (TPSA) is 57.5 Å². The molecule has 4 heteroatoms. The number of carboxylic acids is 1. The monoisotopic (exact) mass is 240 g/mol. The van der Waals surface area contributed by atoms with Gasteiger partial charge in [-0.25, -0.2) is 4.39 Å². The van der Waals surface area contributed by atoms with E-state index in [1.807, 2.05) is 6.92 Å². The van der Waals surface area contributed by atoms with E-state index < -0.39 is 23.3 Å². The quantitative estimate of drug-likeness (QED) is 0.831. The van der Waals surface area contributed by atoms with Gasteiger partial charge < -0.3 is 10.2 Å². The number of carbonyl (C=O) groups is 1. The summed E-state index contributed by atoms with van der Waals surface area (Å²) in [5, 5.41) is 19.5. The Bertz CT molecular complexity index is 384. The van der Waals surface area contributed by atoms with Crippen LogP contribution < -0.4 is 0 Å². The lowest BCUT2D eigenvalue weighted by Crippen LogP contribution is -2.37. The minimum Gasteiger partial charge on any atom is -0.481 e. The summed E-state index contributed by atoms with van der Waals surface area (Å²) in [6, 6.07) is 5.27. The number of hydrogen-bond acceptors (Lipinski definition) is 2. The summed E-state index contributed by atoms with van der Waals surface area (Å²) in [6.45, 7) is 3.31. The van der Waals surface area contributed by atoms with Crippen molar-refractivity contribution in [2.45, 2.75) is 32.3 Å². The lowest BCUT2D eigenvalue weighted by Gasteiger charge is -2.30. The number of benzene rings is 1. The maximum absolute atomic E-state index is 12.8. The lowest BCUT2D eigenvalue weighted by molar-refractivity contribution is -0.152. The highest BCUT2D eigenvalue weighted by atomic mass is 19.1. The second-order valence-electron chi connectivity index (χ2n) is 4.33. The summed E-state index contributed by atoms with van der Waals surface area (Å²) in [4.78, 5) is 11.1. The zero-order chi connectivity index (χ0) is 13.1. The van der Waals surface area contributed by atoms with Crippen LogP contribution in [0, 0.1) is 11.7 Å². The largest absolute Gasteiger partial charge is 0.481 e. The molecule has 1 rings (SSSR count). The fourth-order valence-corrected chi connectivity index (χ4v) is 1.92. The van der Waals surface area contributed by atoms with Crippen LogP contribution in [0.5, 0.6) is 0 Å². The third-order valence-electron chi connectivity index (χ3n) is 2.98. The average Bonchev–Trinajstić information content (AvgIpc) is 2.25. The SMILES string of the molecule is CCCC(C(=O)O)C(C)(O)c1ccc(F)cc1. The molecule has 94 valence electrons. The normalized spacial score (nSPS) is 16.2. The Morgan fingerprint density at radius 1 is 1.41 bits per heavy atom. The van der Waals surface area contributed by atoms with Gasteiger partial charge in [-0.2, -0.15) is 0 Å². The molecular formula is C13H17FO3. The Morgan fingerprint density at radius 2 is 1.94 bits per heavy atom. The van der Waals surface area contributed by atoms with Crippen molar-refractivity contribution >= 4 is 5.97 Å². The van der Waals surface area contributed by atoms with Gasteiger partial charge in [0.25, 0.3) is 0 Å². The van der Waals surface area contributed by atoms with Gasteiger partial charge in [0.2, 0.25) is 0 Å². The Balaban J connectivity index is 3.06. The molecule has 1 aromatic rings. The molecule has 0 radical (unpaired) electrons. The molecule has 0 aromatic heterocycles. The first kappa shape index (κ1) is 13.6. The summed E-state index contributed by atoms with van der Waals surface area (Å²) in [6.07, 6.45) is 1.04. The van der Waals surface area contributed by atoms with Crippen LogP contribution in [-0.2, 0) is 10.4 Å². The molecule has 2 unspecified atom stereocenters. The summed E-state index contributed by atoms with van der Waals surface area (Å²) < 4.78 is 12.8. The highest BCUT2D eigenvalue weighted by molar-refractivity contribution is 5.71. The number of aliphatic carboxylic acids is 1. The van der Waals surface area contributed by atoms with Crippen molar-refractivity contribution in [2.24, 2.45) is 5.92 Å². The van der Waals surface area contributed by atoms with Gasteiger partial charge in [0.15, 0.2) is 0 Å². The first-order chi connectivity index (χ1) is 7.89. The van der Waals surface area contributed by atoms with Crippen molar-refractivity contribution in [3.05, 3.63) is 35.6 Å². The molecule has 0 aliphatic carbocycles. The Labute approximate surface area is 99.9 Å². The highest BCUT2D eigenvalue weighted by Crippen LogP contribution is 2.32. The van der Waals surface area contributed by atoms with E-state index in [2.05, 4.69) is 0 Å². The fourth-order valence-electron chi connectivity index (χ4n) is 1.92. The van der Waals surface area contributed by atoms with E-state index in [-0.39, 0.29) is 0 Å². The van der Waals surface area contributed by atoms with Crippen molar-refractivity contribution in [1.29, 1.82) is 0 Å². The number of rotatable bonds is 5. The molecular weight excluding hydrogens is 223 g/mol. The second kappa shape index (κ2) is 5.27. The van der Waals surface area contributed by atoms with Crippen molar-refractivity contribution in [3.8, 4) is 0 Å². The first-order valence-electron chi connectivity index (χ1n) is 5.60. The maximum atomic E-state index is 12.8. The molecule has 3 nitrogen and oxygen atoms in total. The van der Waals surface area contributed by atoms with Gasteiger partial charge in [0, 0.05) is 0 Å². The average molecular weight is 240 g/mol. The molecule has 1 aromatic carbocycles. The predicted molar refractivity (Wildman–Crippen MR) is 62.0 cm³/mol. The van der Waals surface area contributed by atoms with Gasteiger partial charge in [-0.15, -0.1) is 0 Å². The molecule has 17 heavy (non-hydrogen) atoms. The zero-order valence-electron chi connectivity index (χ0n) is 9.98. The summed E-state index contributed by atoms with van der Waals surface area (Å²) in [5.74, 6) is -2.34. The minimum atomic E-state index is -1.49. The highest BCUT2D eigenvalue weighted by Gasteiger charge is 2.38. The standard InChI is InChI=1S/C13H17FO3/c1-3-4-11(12(15)16)13(2,17)9-5-7-10(14)8-6-9/h5-8,11,17H,3-4H2,1-2H3,(H,15,16). The number of halogens is 1. The van der Waals surface area contributed by atoms with Gasteiger partial charge in [-0.1, -0.05) is 25.5 Å². The second-order valence-corrected chi connectivity index (χ2v) is 4.33. The molecule has 0 aliphatic rings. The fraction of sp³-hybridized carbons (Fsp3) is 0.462. The molecule has 0 aliphatic heterocycles. The van der Waals surface area contributed by atoms with Crippen LogP contribution in [0.15, 0.2) is 24.3 Å². The van der Waals surface area contributed by atoms with Crippen LogP contribution in [0.4, 0.5) is 4.39 Å². The Kier molecular flexibility index (Phi) is 4.23. The molecule has 2 N–H and O–H groups in total. The smallest absolute Gasteiger partial charge is 0.309 e. The maximum Gasteiger partial charge on any atom is 0.309 e. The van der Waals surface area contributed by atoms with Crippen molar-refractivity contribution in [3.63, 3.8) is 0 Å². The molecule has 0 fully saturated rings. The zero-order valence-corrected chi connectivity index (χ0v) is 9.98. The molecule has 0 bridgehead atoms. The third kappa shape index (κ3) is 3.03. The van der Waals surface area contributed by atoms with Crippen LogP contribution in [-0.4, -0.2) is 16.2 Å². The van der Waals surface area contributed by atoms with Gasteiger partial charge in [0.1, 0.15) is 11.4 Å².